The quantitative estimate of drug-likeness (QED) is 0.696. The second kappa shape index (κ2) is 7.60. The van der Waals surface area contributed by atoms with Crippen molar-refractivity contribution in [2.24, 2.45) is 11.8 Å². The summed E-state index contributed by atoms with van der Waals surface area (Å²) in [5.41, 5.74) is 3.98. The Bertz CT molecular complexity index is 740. The minimum absolute atomic E-state index is 0.0239. The molecule has 0 atom stereocenters. The number of rotatable bonds is 5. The van der Waals surface area contributed by atoms with Crippen LogP contribution in [0.4, 0.5) is 0 Å². The molecule has 1 aliphatic carbocycles. The molecule has 154 valence electrons. The number of ketones is 1. The van der Waals surface area contributed by atoms with Crippen LogP contribution >= 0.6 is 0 Å². The summed E-state index contributed by atoms with van der Waals surface area (Å²) in [7, 11) is 0. The van der Waals surface area contributed by atoms with Gasteiger partial charge in [-0.15, -0.1) is 0 Å². The largest absolute Gasteiger partial charge is 0.466 e. The van der Waals surface area contributed by atoms with E-state index in [0.29, 0.717) is 32.3 Å². The third-order valence-electron chi connectivity index (χ3n) is 5.83. The van der Waals surface area contributed by atoms with E-state index in [1.165, 1.54) is 0 Å². The van der Waals surface area contributed by atoms with E-state index in [1.54, 1.807) is 0 Å². The van der Waals surface area contributed by atoms with Gasteiger partial charge in [-0.2, -0.15) is 0 Å². The minimum atomic E-state index is -1.34. The molecule has 2 fully saturated rings. The second-order valence-corrected chi connectivity index (χ2v) is 8.66. The third kappa shape index (κ3) is 3.74. The van der Waals surface area contributed by atoms with Crippen LogP contribution in [0, 0.1) is 32.6 Å². The molecule has 1 aromatic carbocycles. The first kappa shape index (κ1) is 21.0. The van der Waals surface area contributed by atoms with Gasteiger partial charge in [0.1, 0.15) is 0 Å². The topological polar surface area (TPSA) is 61.8 Å². The molecule has 1 aliphatic heterocycles. The van der Waals surface area contributed by atoms with Crippen molar-refractivity contribution in [1.29, 1.82) is 0 Å². The van der Waals surface area contributed by atoms with Gasteiger partial charge >= 0.3 is 5.97 Å². The lowest BCUT2D eigenvalue weighted by Gasteiger charge is -2.53. The van der Waals surface area contributed by atoms with Gasteiger partial charge in [0.25, 0.3) is 5.79 Å². The van der Waals surface area contributed by atoms with Gasteiger partial charge in [-0.3, -0.25) is 9.59 Å². The van der Waals surface area contributed by atoms with Gasteiger partial charge < -0.3 is 14.2 Å². The zero-order valence-electron chi connectivity index (χ0n) is 17.9. The molecule has 3 rings (SSSR count). The van der Waals surface area contributed by atoms with Crippen LogP contribution in [-0.2, 0) is 29.6 Å². The molecule has 0 aromatic heterocycles. The molecule has 0 spiro atoms. The van der Waals surface area contributed by atoms with Crippen molar-refractivity contribution in [1.82, 2.24) is 0 Å². The summed E-state index contributed by atoms with van der Waals surface area (Å²) < 4.78 is 17.5. The van der Waals surface area contributed by atoms with Gasteiger partial charge in [-0.25, -0.2) is 0 Å². The maximum atomic E-state index is 13.6. The smallest absolute Gasteiger partial charge is 0.308 e. The zero-order chi connectivity index (χ0) is 20.7. The van der Waals surface area contributed by atoms with E-state index in [0.717, 1.165) is 22.3 Å². The van der Waals surface area contributed by atoms with E-state index in [2.05, 4.69) is 12.1 Å². The predicted octanol–water partition coefficient (Wildman–Crippen LogP) is 4.49. The molecule has 5 nitrogen and oxygen atoms in total. The van der Waals surface area contributed by atoms with Crippen molar-refractivity contribution >= 4 is 11.8 Å². The van der Waals surface area contributed by atoms with Crippen LogP contribution in [0.2, 0.25) is 0 Å². The van der Waals surface area contributed by atoms with Crippen molar-refractivity contribution in [2.75, 3.05) is 6.61 Å². The van der Waals surface area contributed by atoms with Gasteiger partial charge in [0.05, 0.1) is 12.5 Å². The van der Waals surface area contributed by atoms with E-state index in [-0.39, 0.29) is 23.6 Å². The van der Waals surface area contributed by atoms with Crippen molar-refractivity contribution < 1.29 is 23.8 Å². The highest BCUT2D eigenvalue weighted by Crippen LogP contribution is 2.51. The fourth-order valence-corrected chi connectivity index (χ4v) is 4.85. The molecule has 1 aromatic rings. The first-order valence-electron chi connectivity index (χ1n) is 10.3. The molecule has 1 saturated heterocycles. The van der Waals surface area contributed by atoms with Crippen LogP contribution in [0.3, 0.4) is 0 Å². The Hall–Kier alpha value is -1.72. The molecular formula is C23H32O5. The van der Waals surface area contributed by atoms with E-state index in [1.807, 2.05) is 41.5 Å². The molecule has 0 bridgehead atoms. The van der Waals surface area contributed by atoms with Gasteiger partial charge in [0, 0.05) is 11.5 Å². The maximum absolute atomic E-state index is 13.6. The summed E-state index contributed by atoms with van der Waals surface area (Å²) in [5, 5.41) is 0. The summed E-state index contributed by atoms with van der Waals surface area (Å²) in [6.07, 6.45) is 2.64. The zero-order valence-corrected chi connectivity index (χ0v) is 17.9. The molecule has 5 heteroatoms. The summed E-state index contributed by atoms with van der Waals surface area (Å²) in [5.74, 6) is -2.59. The normalized spacial score (nSPS) is 25.6. The highest BCUT2D eigenvalue weighted by Gasteiger charge is 2.61. The summed E-state index contributed by atoms with van der Waals surface area (Å²) in [6.45, 7) is 11.9. The third-order valence-corrected chi connectivity index (χ3v) is 5.83. The average molecular weight is 389 g/mol. The predicted molar refractivity (Wildman–Crippen MR) is 106 cm³/mol. The minimum Gasteiger partial charge on any atom is -0.466 e. The molecule has 0 unspecified atom stereocenters. The maximum Gasteiger partial charge on any atom is 0.308 e. The van der Waals surface area contributed by atoms with Crippen LogP contribution in [0.15, 0.2) is 12.1 Å². The number of hydrogen-bond donors (Lipinski definition) is 0. The van der Waals surface area contributed by atoms with Gasteiger partial charge in [-0.1, -0.05) is 17.7 Å². The van der Waals surface area contributed by atoms with E-state index in [9.17, 15) is 9.59 Å². The first-order valence-corrected chi connectivity index (χ1v) is 10.3. The fraction of sp³-hybridized carbons (Fsp3) is 0.652. The Morgan fingerprint density at radius 2 is 1.50 bits per heavy atom. The van der Waals surface area contributed by atoms with Gasteiger partial charge in [0.2, 0.25) is 0 Å². The number of hydrogen-bond acceptors (Lipinski definition) is 5. The van der Waals surface area contributed by atoms with Crippen LogP contribution in [0.5, 0.6) is 0 Å². The van der Waals surface area contributed by atoms with Gasteiger partial charge in [-0.05, 0) is 78.4 Å². The highest BCUT2D eigenvalue weighted by molar-refractivity contribution is 5.91. The molecule has 1 heterocycles. The van der Waals surface area contributed by atoms with Crippen LogP contribution < -0.4 is 0 Å². The second-order valence-electron chi connectivity index (χ2n) is 8.66. The lowest BCUT2D eigenvalue weighted by molar-refractivity contribution is -0.486. The summed E-state index contributed by atoms with van der Waals surface area (Å²) in [6, 6.07) is 4.13. The highest BCUT2D eigenvalue weighted by atomic mass is 16.9. The van der Waals surface area contributed by atoms with Crippen LogP contribution in [-0.4, -0.2) is 24.1 Å². The number of carbonyl (C=O) groups excluding carboxylic acids is 2. The fourth-order valence-electron chi connectivity index (χ4n) is 4.85. The first-order chi connectivity index (χ1) is 13.1. The van der Waals surface area contributed by atoms with Crippen molar-refractivity contribution in [3.63, 3.8) is 0 Å². The molecule has 1 saturated carbocycles. The number of benzene rings is 1. The van der Waals surface area contributed by atoms with Crippen LogP contribution in [0.25, 0.3) is 0 Å². The molecular weight excluding hydrogens is 356 g/mol. The number of esters is 1. The van der Waals surface area contributed by atoms with Crippen molar-refractivity contribution in [3.8, 4) is 0 Å². The molecule has 0 radical (unpaired) electrons. The lowest BCUT2D eigenvalue weighted by atomic mass is 9.75. The molecule has 2 aliphatic rings. The standard InChI is InChI=1S/C23H32O5/c1-7-26-21(25)18-10-8-17(9-11-18)20(24)23(27-22(5,6)28-23)19-15(3)12-14(2)13-16(19)4/h12-13,17-18H,7-11H2,1-6H3. The average Bonchev–Trinajstić information content (AvgIpc) is 2.58. The summed E-state index contributed by atoms with van der Waals surface area (Å²) in [4.78, 5) is 25.6. The monoisotopic (exact) mass is 388 g/mol. The number of Topliss-reactive ketones (excluding diaryl/α,β-unsaturated/α-hetero) is 1. The van der Waals surface area contributed by atoms with Gasteiger partial charge in [0.15, 0.2) is 11.6 Å². The number of carbonyl (C=O) groups is 2. The Balaban J connectivity index is 1.84. The molecule has 0 N–H and O–H groups in total. The Kier molecular flexibility index (Phi) is 5.70. The number of aryl methyl sites for hydroxylation is 3. The van der Waals surface area contributed by atoms with Crippen LogP contribution in [0.1, 0.15) is 68.7 Å². The van der Waals surface area contributed by atoms with E-state index >= 15 is 0 Å². The number of ether oxygens (including phenoxy) is 3. The van der Waals surface area contributed by atoms with Crippen molar-refractivity contribution in [3.05, 3.63) is 34.4 Å². The Morgan fingerprint density at radius 1 is 1.00 bits per heavy atom. The van der Waals surface area contributed by atoms with E-state index in [4.69, 9.17) is 14.2 Å². The Labute approximate surface area is 167 Å². The summed E-state index contributed by atoms with van der Waals surface area (Å²) >= 11 is 0. The van der Waals surface area contributed by atoms with Crippen molar-refractivity contribution in [2.45, 2.75) is 78.8 Å². The van der Waals surface area contributed by atoms with E-state index < -0.39 is 11.6 Å². The molecule has 28 heavy (non-hydrogen) atoms. The SMILES string of the molecule is CCOC(=O)C1CCC(C(=O)C2(c3c(C)cc(C)cc3C)OC(C)(C)O2)CC1. The molecule has 0 amide bonds. The lowest BCUT2D eigenvalue weighted by Crippen LogP contribution is -2.63. The Morgan fingerprint density at radius 3 is 1.96 bits per heavy atom.